The molecule has 17 heavy (non-hydrogen) atoms. The molecule has 0 radical (unpaired) electrons. The normalized spacial score (nSPS) is 11.6. The van der Waals surface area contributed by atoms with Crippen LogP contribution in [0.15, 0.2) is 24.3 Å². The fraction of sp³-hybridized carbons (Fsp3) is 0.250. The Kier molecular flexibility index (Phi) is 3.98. The van der Waals surface area contributed by atoms with Gasteiger partial charge in [0, 0.05) is 5.56 Å². The summed E-state index contributed by atoms with van der Waals surface area (Å²) < 4.78 is 0. The number of carbonyl (C=O) groups is 3. The predicted octanol–water partition coefficient (Wildman–Crippen LogP) is 1.07. The number of aliphatic carboxylic acids is 1. The van der Waals surface area contributed by atoms with Gasteiger partial charge in [-0.1, -0.05) is 18.2 Å². The SMILES string of the molecule is Cc1ccccc1C(=O)N(C=O)C(C)C(=O)O. The third kappa shape index (κ3) is 2.69. The maximum atomic E-state index is 12.0. The van der Waals surface area contributed by atoms with Crippen molar-refractivity contribution in [3.05, 3.63) is 35.4 Å². The molecule has 0 aliphatic rings. The van der Waals surface area contributed by atoms with Gasteiger partial charge in [-0.05, 0) is 25.5 Å². The number of benzene rings is 1. The van der Waals surface area contributed by atoms with Gasteiger partial charge in [-0.3, -0.25) is 14.5 Å². The zero-order chi connectivity index (χ0) is 13.0. The van der Waals surface area contributed by atoms with Crippen molar-refractivity contribution in [1.29, 1.82) is 0 Å². The van der Waals surface area contributed by atoms with Crippen LogP contribution in [0.1, 0.15) is 22.8 Å². The van der Waals surface area contributed by atoms with E-state index in [2.05, 4.69) is 0 Å². The average Bonchev–Trinajstić information content (AvgIpc) is 2.30. The number of carbonyl (C=O) groups excluding carboxylic acids is 2. The summed E-state index contributed by atoms with van der Waals surface area (Å²) in [6.07, 6.45) is 0.244. The topological polar surface area (TPSA) is 74.7 Å². The first-order valence-electron chi connectivity index (χ1n) is 5.05. The fourth-order valence-electron chi connectivity index (χ4n) is 1.39. The number of carboxylic acids is 1. The van der Waals surface area contributed by atoms with Gasteiger partial charge < -0.3 is 5.11 Å². The predicted molar refractivity (Wildman–Crippen MR) is 60.5 cm³/mol. The molecule has 0 aliphatic carbocycles. The van der Waals surface area contributed by atoms with E-state index in [0.717, 1.165) is 0 Å². The van der Waals surface area contributed by atoms with Crippen LogP contribution in [0.2, 0.25) is 0 Å². The molecular formula is C12H13NO4. The van der Waals surface area contributed by atoms with E-state index >= 15 is 0 Å². The van der Waals surface area contributed by atoms with Crippen LogP contribution in [-0.4, -0.2) is 34.3 Å². The summed E-state index contributed by atoms with van der Waals surface area (Å²) >= 11 is 0. The van der Waals surface area contributed by atoms with E-state index in [0.29, 0.717) is 16.0 Å². The van der Waals surface area contributed by atoms with Crippen LogP contribution < -0.4 is 0 Å². The molecule has 5 heteroatoms. The molecule has 0 saturated heterocycles. The minimum Gasteiger partial charge on any atom is -0.480 e. The second-order valence-corrected chi connectivity index (χ2v) is 3.65. The summed E-state index contributed by atoms with van der Waals surface area (Å²) in [7, 11) is 0. The highest BCUT2D eigenvalue weighted by molar-refractivity contribution is 6.03. The van der Waals surface area contributed by atoms with Crippen molar-refractivity contribution >= 4 is 18.3 Å². The largest absolute Gasteiger partial charge is 0.480 e. The van der Waals surface area contributed by atoms with Crippen LogP contribution >= 0.6 is 0 Å². The number of amides is 2. The maximum Gasteiger partial charge on any atom is 0.326 e. The molecule has 2 amide bonds. The zero-order valence-electron chi connectivity index (χ0n) is 9.58. The van der Waals surface area contributed by atoms with E-state index in [9.17, 15) is 14.4 Å². The molecule has 5 nitrogen and oxygen atoms in total. The van der Waals surface area contributed by atoms with Crippen LogP contribution in [0.4, 0.5) is 0 Å². The Morgan fingerprint density at radius 3 is 2.41 bits per heavy atom. The van der Waals surface area contributed by atoms with E-state index < -0.39 is 17.9 Å². The molecule has 1 aromatic rings. The number of hydrogen-bond donors (Lipinski definition) is 1. The lowest BCUT2D eigenvalue weighted by Gasteiger charge is -2.20. The molecule has 0 aliphatic heterocycles. The van der Waals surface area contributed by atoms with E-state index in [-0.39, 0.29) is 6.41 Å². The van der Waals surface area contributed by atoms with Crippen molar-refractivity contribution in [2.24, 2.45) is 0 Å². The molecule has 0 bridgehead atoms. The number of hydrogen-bond acceptors (Lipinski definition) is 3. The summed E-state index contributed by atoms with van der Waals surface area (Å²) in [5.41, 5.74) is 1.02. The molecule has 0 heterocycles. The Hall–Kier alpha value is -2.17. The minimum absolute atomic E-state index is 0.244. The van der Waals surface area contributed by atoms with Gasteiger partial charge >= 0.3 is 5.97 Å². The zero-order valence-corrected chi connectivity index (χ0v) is 9.58. The quantitative estimate of drug-likeness (QED) is 0.792. The molecule has 1 atom stereocenters. The third-order valence-corrected chi connectivity index (χ3v) is 2.50. The highest BCUT2D eigenvalue weighted by Gasteiger charge is 2.26. The molecule has 1 rings (SSSR count). The Bertz CT molecular complexity index is 456. The molecule has 1 unspecified atom stereocenters. The van der Waals surface area contributed by atoms with Gasteiger partial charge in [0.15, 0.2) is 0 Å². The molecule has 0 fully saturated rings. The van der Waals surface area contributed by atoms with E-state index in [1.807, 2.05) is 0 Å². The number of rotatable bonds is 4. The number of carboxylic acid groups (broad SMARTS) is 1. The van der Waals surface area contributed by atoms with Gasteiger partial charge in [0.1, 0.15) is 6.04 Å². The van der Waals surface area contributed by atoms with E-state index in [4.69, 9.17) is 5.11 Å². The first-order valence-corrected chi connectivity index (χ1v) is 5.05. The second kappa shape index (κ2) is 5.25. The summed E-state index contributed by atoms with van der Waals surface area (Å²) in [5.74, 6) is -1.83. The molecule has 0 aromatic heterocycles. The van der Waals surface area contributed by atoms with Gasteiger partial charge in [0.25, 0.3) is 5.91 Å². The van der Waals surface area contributed by atoms with Crippen molar-refractivity contribution in [3.8, 4) is 0 Å². The van der Waals surface area contributed by atoms with Crippen molar-refractivity contribution < 1.29 is 19.5 Å². The Balaban J connectivity index is 3.07. The molecule has 0 spiro atoms. The van der Waals surface area contributed by atoms with E-state index in [1.54, 1.807) is 31.2 Å². The molecule has 90 valence electrons. The van der Waals surface area contributed by atoms with Crippen LogP contribution in [0.3, 0.4) is 0 Å². The van der Waals surface area contributed by atoms with Gasteiger partial charge in [-0.2, -0.15) is 0 Å². The fourth-order valence-corrected chi connectivity index (χ4v) is 1.39. The van der Waals surface area contributed by atoms with Crippen molar-refractivity contribution in [1.82, 2.24) is 4.90 Å². The Morgan fingerprint density at radius 1 is 1.35 bits per heavy atom. The van der Waals surface area contributed by atoms with Crippen molar-refractivity contribution in [2.75, 3.05) is 0 Å². The summed E-state index contributed by atoms with van der Waals surface area (Å²) in [6, 6.07) is 5.52. The summed E-state index contributed by atoms with van der Waals surface area (Å²) in [4.78, 5) is 34.2. The van der Waals surface area contributed by atoms with Gasteiger partial charge in [0.2, 0.25) is 6.41 Å². The lowest BCUT2D eigenvalue weighted by atomic mass is 10.1. The number of aryl methyl sites for hydroxylation is 1. The molecule has 1 N–H and O–H groups in total. The highest BCUT2D eigenvalue weighted by Crippen LogP contribution is 2.11. The lowest BCUT2D eigenvalue weighted by Crippen LogP contribution is -2.42. The highest BCUT2D eigenvalue weighted by atomic mass is 16.4. The van der Waals surface area contributed by atoms with Crippen LogP contribution in [-0.2, 0) is 9.59 Å². The minimum atomic E-state index is -1.22. The number of imide groups is 1. The first kappa shape index (κ1) is 12.9. The number of nitrogens with zero attached hydrogens (tertiary/aromatic N) is 1. The smallest absolute Gasteiger partial charge is 0.326 e. The van der Waals surface area contributed by atoms with Crippen LogP contribution in [0, 0.1) is 6.92 Å². The molecule has 0 saturated carbocycles. The standard InChI is InChI=1S/C12H13NO4/c1-8-5-3-4-6-10(8)11(15)13(7-14)9(2)12(16)17/h3-7,9H,1-2H3,(H,16,17). The Morgan fingerprint density at radius 2 is 1.94 bits per heavy atom. The summed E-state index contributed by atoms with van der Waals surface area (Å²) in [6.45, 7) is 3.01. The van der Waals surface area contributed by atoms with Crippen LogP contribution in [0.5, 0.6) is 0 Å². The Labute approximate surface area is 98.7 Å². The second-order valence-electron chi connectivity index (χ2n) is 3.65. The summed E-state index contributed by atoms with van der Waals surface area (Å²) in [5, 5.41) is 8.80. The molecule has 1 aromatic carbocycles. The third-order valence-electron chi connectivity index (χ3n) is 2.50. The van der Waals surface area contributed by atoms with Crippen molar-refractivity contribution in [2.45, 2.75) is 19.9 Å². The van der Waals surface area contributed by atoms with Gasteiger partial charge in [0.05, 0.1) is 0 Å². The monoisotopic (exact) mass is 235 g/mol. The first-order chi connectivity index (χ1) is 7.99. The average molecular weight is 235 g/mol. The van der Waals surface area contributed by atoms with Crippen LogP contribution in [0.25, 0.3) is 0 Å². The van der Waals surface area contributed by atoms with Crippen molar-refractivity contribution in [3.63, 3.8) is 0 Å². The van der Waals surface area contributed by atoms with Gasteiger partial charge in [-0.15, -0.1) is 0 Å². The maximum absolute atomic E-state index is 12.0. The van der Waals surface area contributed by atoms with Gasteiger partial charge in [-0.25, -0.2) is 4.79 Å². The molecular weight excluding hydrogens is 222 g/mol. The lowest BCUT2D eigenvalue weighted by molar-refractivity contribution is -0.144. The van der Waals surface area contributed by atoms with E-state index in [1.165, 1.54) is 6.92 Å².